The van der Waals surface area contributed by atoms with Gasteiger partial charge in [-0.1, -0.05) is 0 Å². The van der Waals surface area contributed by atoms with Crippen LogP contribution < -0.4 is 19.9 Å². The molecule has 0 unspecified atom stereocenters. The molecule has 0 spiro atoms. The highest BCUT2D eigenvalue weighted by molar-refractivity contribution is 5.85. The molecule has 2 saturated heterocycles. The van der Waals surface area contributed by atoms with Gasteiger partial charge >= 0.3 is 0 Å². The van der Waals surface area contributed by atoms with E-state index in [1.54, 1.807) is 12.4 Å². The number of likely N-dealkylation sites (N-methyl/N-ethyl adjacent to an activating group) is 1. The monoisotopic (exact) mass is 522 g/mol. The van der Waals surface area contributed by atoms with E-state index in [9.17, 15) is 0 Å². The summed E-state index contributed by atoms with van der Waals surface area (Å²) in [7, 11) is 2.08. The highest BCUT2D eigenvalue weighted by Crippen LogP contribution is 2.33. The van der Waals surface area contributed by atoms with E-state index in [1.165, 1.54) is 6.33 Å². The van der Waals surface area contributed by atoms with E-state index in [1.807, 2.05) is 4.90 Å². The van der Waals surface area contributed by atoms with Crippen molar-refractivity contribution in [2.45, 2.75) is 37.8 Å². The average molecular weight is 523 g/mol. The first kappa shape index (κ1) is 25.0. The van der Waals surface area contributed by atoms with E-state index in [2.05, 4.69) is 54.2 Å². The first-order chi connectivity index (χ1) is 18.6. The Bertz CT molecular complexity index is 1240. The zero-order chi connectivity index (χ0) is 25.9. The van der Waals surface area contributed by atoms with Crippen molar-refractivity contribution in [3.05, 3.63) is 36.7 Å². The maximum Gasteiger partial charge on any atom is 0.207 e. The zero-order valence-electron chi connectivity index (χ0n) is 21.9. The number of aromatic nitrogens is 4. The van der Waals surface area contributed by atoms with E-state index < -0.39 is 0 Å². The first-order valence-electron chi connectivity index (χ1n) is 13.6. The van der Waals surface area contributed by atoms with Crippen LogP contribution in [0.5, 0.6) is 5.75 Å². The number of halogens is 1. The third kappa shape index (κ3) is 5.44. The number of ether oxygens (including phenoxy) is 2. The molecule has 1 aromatic carbocycles. The van der Waals surface area contributed by atoms with Gasteiger partial charge in [0.2, 0.25) is 5.82 Å². The van der Waals surface area contributed by atoms with Gasteiger partial charge in [0.05, 0.1) is 24.8 Å². The number of hydrogen-bond acceptors (Lipinski definition) is 10. The number of fused-ring (bicyclic) bond motifs is 1. The number of piperazine rings is 1. The van der Waals surface area contributed by atoms with Crippen LogP contribution in [0.15, 0.2) is 30.9 Å². The molecule has 0 amide bonds. The summed E-state index contributed by atoms with van der Waals surface area (Å²) in [6.45, 7) is 6.44. The van der Waals surface area contributed by atoms with Crippen molar-refractivity contribution in [1.29, 1.82) is 0 Å². The summed E-state index contributed by atoms with van der Waals surface area (Å²) in [5.74, 6) is 1.09. The predicted molar refractivity (Wildman–Crippen MR) is 145 cm³/mol. The summed E-state index contributed by atoms with van der Waals surface area (Å²) in [5.41, 5.74) is 2.70. The van der Waals surface area contributed by atoms with Gasteiger partial charge in [-0.3, -0.25) is 4.98 Å². The zero-order valence-corrected chi connectivity index (χ0v) is 21.9. The lowest BCUT2D eigenvalue weighted by atomic mass is 9.93. The summed E-state index contributed by atoms with van der Waals surface area (Å²) in [6.07, 6.45) is 8.40. The van der Waals surface area contributed by atoms with Gasteiger partial charge in [0.1, 0.15) is 17.6 Å². The van der Waals surface area contributed by atoms with Crippen LogP contribution in [0.25, 0.3) is 11.0 Å². The molecule has 11 heteroatoms. The minimum absolute atomic E-state index is 0.0642. The van der Waals surface area contributed by atoms with Crippen molar-refractivity contribution >= 4 is 28.4 Å². The van der Waals surface area contributed by atoms with Gasteiger partial charge in [0.15, 0.2) is 11.6 Å². The number of rotatable bonds is 6. The number of nitrogens with one attached hydrogen (secondary N) is 1. The molecule has 1 saturated carbocycles. The van der Waals surface area contributed by atoms with Gasteiger partial charge in [-0.15, -0.1) is 0 Å². The fraction of sp³-hybridized carbons (Fsp3) is 0.556. The lowest BCUT2D eigenvalue weighted by Gasteiger charge is -2.34. The van der Waals surface area contributed by atoms with Gasteiger partial charge in [-0.25, -0.2) is 15.0 Å². The van der Waals surface area contributed by atoms with Crippen molar-refractivity contribution in [3.63, 3.8) is 0 Å². The van der Waals surface area contributed by atoms with E-state index in [-0.39, 0.29) is 23.8 Å². The Morgan fingerprint density at radius 1 is 0.895 bits per heavy atom. The van der Waals surface area contributed by atoms with E-state index in [4.69, 9.17) is 9.47 Å². The summed E-state index contributed by atoms with van der Waals surface area (Å²) >= 11 is 0. The maximum atomic E-state index is 15.3. The molecule has 2 aliphatic heterocycles. The molecule has 10 nitrogen and oxygen atoms in total. The molecule has 38 heavy (non-hydrogen) atoms. The molecule has 4 heterocycles. The van der Waals surface area contributed by atoms with Crippen molar-refractivity contribution in [2.24, 2.45) is 0 Å². The normalized spacial score (nSPS) is 23.0. The van der Waals surface area contributed by atoms with Crippen molar-refractivity contribution in [1.82, 2.24) is 24.8 Å². The van der Waals surface area contributed by atoms with Crippen molar-refractivity contribution in [3.8, 4) is 5.75 Å². The van der Waals surface area contributed by atoms with Crippen LogP contribution >= 0.6 is 0 Å². The van der Waals surface area contributed by atoms with E-state index in [0.29, 0.717) is 5.82 Å². The van der Waals surface area contributed by atoms with Crippen LogP contribution in [0.1, 0.15) is 25.7 Å². The Morgan fingerprint density at radius 3 is 2.45 bits per heavy atom. The number of nitrogens with zero attached hydrogens (tertiary/aromatic N) is 7. The lowest BCUT2D eigenvalue weighted by molar-refractivity contribution is 0.122. The number of benzene rings is 1. The molecule has 1 aliphatic carbocycles. The summed E-state index contributed by atoms with van der Waals surface area (Å²) in [5, 5.41) is 3.34. The second kappa shape index (κ2) is 11.2. The molecular formula is C27H35FN8O2. The Labute approximate surface area is 222 Å². The second-order valence-electron chi connectivity index (χ2n) is 10.4. The van der Waals surface area contributed by atoms with Crippen molar-refractivity contribution in [2.75, 3.05) is 74.6 Å². The number of hydrogen-bond donors (Lipinski definition) is 1. The number of anilines is 3. The van der Waals surface area contributed by atoms with Gasteiger partial charge in [0.25, 0.3) is 0 Å². The Hall–Kier alpha value is -3.31. The van der Waals surface area contributed by atoms with Gasteiger partial charge < -0.3 is 29.5 Å². The van der Waals surface area contributed by atoms with Gasteiger partial charge in [0, 0.05) is 69.5 Å². The summed E-state index contributed by atoms with van der Waals surface area (Å²) in [4.78, 5) is 24.1. The van der Waals surface area contributed by atoms with Crippen LogP contribution in [0.4, 0.5) is 21.7 Å². The fourth-order valence-electron chi connectivity index (χ4n) is 5.52. The van der Waals surface area contributed by atoms with Crippen molar-refractivity contribution < 1.29 is 13.9 Å². The SMILES string of the molecule is CN1CCN(c2ncnc(N[C@H]3CC[C@@H](Oc4cc(N5CCOCC5)cc5nccnc45)CC3)c2F)CC1. The summed E-state index contributed by atoms with van der Waals surface area (Å²) in [6, 6.07) is 4.30. The summed E-state index contributed by atoms with van der Waals surface area (Å²) < 4.78 is 27.4. The molecule has 3 aliphatic rings. The molecular weight excluding hydrogens is 487 g/mol. The predicted octanol–water partition coefficient (Wildman–Crippen LogP) is 2.95. The van der Waals surface area contributed by atoms with Gasteiger partial charge in [-0.05, 0) is 38.8 Å². The quantitative estimate of drug-likeness (QED) is 0.521. The maximum absolute atomic E-state index is 15.3. The van der Waals surface area contributed by atoms with Crippen LogP contribution in [0, 0.1) is 5.82 Å². The minimum atomic E-state index is -0.361. The standard InChI is InChI=1S/C27H35FN8O2/c1-34-8-10-36(11-9-34)27-24(28)26(31-18-32-27)33-19-2-4-21(5-3-19)38-23-17-20(35-12-14-37-15-13-35)16-22-25(23)30-7-6-29-22/h6-7,16-19,21H,2-5,8-15H2,1H3,(H,31,32,33)/t19-,21+. The largest absolute Gasteiger partial charge is 0.488 e. The lowest BCUT2D eigenvalue weighted by Crippen LogP contribution is -2.45. The molecule has 0 radical (unpaired) electrons. The van der Waals surface area contributed by atoms with Gasteiger partial charge in [-0.2, -0.15) is 4.39 Å². The van der Waals surface area contributed by atoms with Crippen LogP contribution in [-0.2, 0) is 4.74 Å². The molecule has 0 atom stereocenters. The Kier molecular flexibility index (Phi) is 7.37. The third-order valence-electron chi connectivity index (χ3n) is 7.78. The van der Waals surface area contributed by atoms with E-state index >= 15 is 4.39 Å². The Morgan fingerprint density at radius 2 is 1.66 bits per heavy atom. The molecule has 1 N–H and O–H groups in total. The minimum Gasteiger partial charge on any atom is -0.488 e. The van der Waals surface area contributed by atoms with Crippen LogP contribution in [-0.4, -0.2) is 96.5 Å². The highest BCUT2D eigenvalue weighted by atomic mass is 19.1. The average Bonchev–Trinajstić information content (AvgIpc) is 2.96. The Balaban J connectivity index is 1.10. The molecule has 6 rings (SSSR count). The molecule has 3 fully saturated rings. The second-order valence-corrected chi connectivity index (χ2v) is 10.4. The molecule has 202 valence electrons. The highest BCUT2D eigenvalue weighted by Gasteiger charge is 2.27. The molecule has 3 aromatic rings. The number of morpholine rings is 1. The fourth-order valence-corrected chi connectivity index (χ4v) is 5.52. The first-order valence-corrected chi connectivity index (χ1v) is 13.6. The van der Waals surface area contributed by atoms with E-state index in [0.717, 1.165) is 101 Å². The van der Waals surface area contributed by atoms with Crippen LogP contribution in [0.2, 0.25) is 0 Å². The third-order valence-corrected chi connectivity index (χ3v) is 7.78. The topological polar surface area (TPSA) is 91.8 Å². The smallest absolute Gasteiger partial charge is 0.207 e. The molecule has 0 bridgehead atoms. The molecule has 2 aromatic heterocycles. The van der Waals surface area contributed by atoms with Crippen LogP contribution in [0.3, 0.4) is 0 Å².